The fourth-order valence-corrected chi connectivity index (χ4v) is 1.70. The van der Waals surface area contributed by atoms with E-state index in [1.54, 1.807) is 12.1 Å². The third-order valence-electron chi connectivity index (χ3n) is 2.74. The molecule has 0 aliphatic heterocycles. The number of nitrogens with zero attached hydrogens (tertiary/aromatic N) is 1. The number of hydrogen-bond acceptors (Lipinski definition) is 2. The van der Waals surface area contributed by atoms with Gasteiger partial charge in [0.05, 0.1) is 6.42 Å². The van der Waals surface area contributed by atoms with Crippen LogP contribution in [-0.2, 0) is 11.3 Å². The summed E-state index contributed by atoms with van der Waals surface area (Å²) in [6.07, 6.45) is -0.127. The topological polar surface area (TPSA) is 69.6 Å². The Bertz CT molecular complexity index is 477. The maximum Gasteiger partial charge on any atom is 0.317 e. The highest BCUT2D eigenvalue weighted by molar-refractivity contribution is 5.75. The number of carbonyl (C=O) groups excluding carboxylic acids is 1. The van der Waals surface area contributed by atoms with Gasteiger partial charge in [-0.05, 0) is 31.5 Å². The van der Waals surface area contributed by atoms with Crippen molar-refractivity contribution >= 4 is 12.0 Å². The second-order valence-electron chi connectivity index (χ2n) is 4.73. The summed E-state index contributed by atoms with van der Waals surface area (Å²) in [6, 6.07) is 5.61. The molecule has 0 aromatic heterocycles. The van der Waals surface area contributed by atoms with Crippen LogP contribution in [0.3, 0.4) is 0 Å². The molecule has 20 heavy (non-hydrogen) atoms. The molecule has 2 N–H and O–H groups in total. The molecule has 5 nitrogen and oxygen atoms in total. The number of carboxylic acid groups (broad SMARTS) is 1. The molecular formula is C14H19FN2O3. The van der Waals surface area contributed by atoms with Gasteiger partial charge in [0, 0.05) is 19.1 Å². The highest BCUT2D eigenvalue weighted by Crippen LogP contribution is 2.10. The molecule has 1 rings (SSSR count). The number of nitrogens with one attached hydrogen (secondary N) is 1. The van der Waals surface area contributed by atoms with Crippen molar-refractivity contribution in [3.63, 3.8) is 0 Å². The van der Waals surface area contributed by atoms with E-state index in [-0.39, 0.29) is 37.4 Å². The van der Waals surface area contributed by atoms with Crippen LogP contribution >= 0.6 is 0 Å². The standard InChI is InChI=1S/C14H19FN2O3/c1-10(2)17(14(20)16-7-6-13(18)19)9-11-4-3-5-12(15)8-11/h3-5,8,10H,6-7,9H2,1-2H3,(H,16,20)(H,18,19). The van der Waals surface area contributed by atoms with Crippen molar-refractivity contribution in [2.24, 2.45) is 0 Å². The van der Waals surface area contributed by atoms with Crippen LogP contribution in [0.1, 0.15) is 25.8 Å². The van der Waals surface area contributed by atoms with Crippen molar-refractivity contribution in [2.75, 3.05) is 6.54 Å². The number of urea groups is 1. The van der Waals surface area contributed by atoms with Gasteiger partial charge in [0.2, 0.25) is 0 Å². The number of carbonyl (C=O) groups is 2. The van der Waals surface area contributed by atoms with E-state index in [1.165, 1.54) is 17.0 Å². The predicted octanol–water partition coefficient (Wildman–Crippen LogP) is 2.22. The van der Waals surface area contributed by atoms with Gasteiger partial charge in [0.1, 0.15) is 5.82 Å². The van der Waals surface area contributed by atoms with Crippen LogP contribution in [0, 0.1) is 5.82 Å². The van der Waals surface area contributed by atoms with Crippen molar-refractivity contribution in [1.82, 2.24) is 10.2 Å². The van der Waals surface area contributed by atoms with E-state index in [0.29, 0.717) is 5.56 Å². The third kappa shape index (κ3) is 5.26. The van der Waals surface area contributed by atoms with Crippen LogP contribution in [0.15, 0.2) is 24.3 Å². The Hall–Kier alpha value is -2.11. The zero-order chi connectivity index (χ0) is 15.1. The van der Waals surface area contributed by atoms with Crippen LogP contribution in [0.5, 0.6) is 0 Å². The molecule has 0 aliphatic rings. The average Bonchev–Trinajstić information content (AvgIpc) is 2.35. The van der Waals surface area contributed by atoms with E-state index in [2.05, 4.69) is 5.32 Å². The Kier molecular flexibility index (Phi) is 5.96. The first kappa shape index (κ1) is 15.9. The molecule has 0 aliphatic carbocycles. The first-order chi connectivity index (χ1) is 9.40. The second kappa shape index (κ2) is 7.47. The molecule has 110 valence electrons. The Balaban J connectivity index is 2.64. The normalized spacial score (nSPS) is 10.4. The smallest absolute Gasteiger partial charge is 0.317 e. The fourth-order valence-electron chi connectivity index (χ4n) is 1.70. The van der Waals surface area contributed by atoms with Gasteiger partial charge in [-0.25, -0.2) is 9.18 Å². The molecule has 6 heteroatoms. The Morgan fingerprint density at radius 3 is 2.65 bits per heavy atom. The van der Waals surface area contributed by atoms with Gasteiger partial charge < -0.3 is 15.3 Å². The zero-order valence-corrected chi connectivity index (χ0v) is 11.6. The molecule has 0 saturated heterocycles. The minimum atomic E-state index is -0.966. The Morgan fingerprint density at radius 2 is 2.10 bits per heavy atom. The van der Waals surface area contributed by atoms with Crippen molar-refractivity contribution in [2.45, 2.75) is 32.9 Å². The van der Waals surface area contributed by atoms with Gasteiger partial charge in [-0.1, -0.05) is 12.1 Å². The molecule has 1 aromatic carbocycles. The van der Waals surface area contributed by atoms with E-state index in [0.717, 1.165) is 0 Å². The van der Waals surface area contributed by atoms with Crippen LogP contribution in [-0.4, -0.2) is 34.6 Å². The lowest BCUT2D eigenvalue weighted by atomic mass is 10.2. The second-order valence-corrected chi connectivity index (χ2v) is 4.73. The highest BCUT2D eigenvalue weighted by atomic mass is 19.1. The van der Waals surface area contributed by atoms with Gasteiger partial charge in [-0.15, -0.1) is 0 Å². The molecule has 0 heterocycles. The summed E-state index contributed by atoms with van der Waals surface area (Å²) < 4.78 is 13.1. The molecule has 0 unspecified atom stereocenters. The minimum Gasteiger partial charge on any atom is -0.481 e. The van der Waals surface area contributed by atoms with Crippen LogP contribution < -0.4 is 5.32 Å². The summed E-state index contributed by atoms with van der Waals surface area (Å²) in [5, 5.41) is 11.1. The molecule has 0 saturated carbocycles. The predicted molar refractivity (Wildman–Crippen MR) is 72.7 cm³/mol. The summed E-state index contributed by atoms with van der Waals surface area (Å²) >= 11 is 0. The summed E-state index contributed by atoms with van der Waals surface area (Å²) in [6.45, 7) is 4.03. The summed E-state index contributed by atoms with van der Waals surface area (Å²) in [7, 11) is 0. The number of carboxylic acids is 1. The fraction of sp³-hybridized carbons (Fsp3) is 0.429. The van der Waals surface area contributed by atoms with E-state index in [9.17, 15) is 14.0 Å². The average molecular weight is 282 g/mol. The van der Waals surface area contributed by atoms with Crippen LogP contribution in [0.2, 0.25) is 0 Å². The Labute approximate surface area is 117 Å². The summed E-state index contributed by atoms with van der Waals surface area (Å²) in [5.74, 6) is -1.32. The van der Waals surface area contributed by atoms with Crippen molar-refractivity contribution in [1.29, 1.82) is 0 Å². The molecule has 0 radical (unpaired) electrons. The lowest BCUT2D eigenvalue weighted by Gasteiger charge is -2.27. The number of benzene rings is 1. The van der Waals surface area contributed by atoms with Gasteiger partial charge in [0.25, 0.3) is 0 Å². The number of hydrogen-bond donors (Lipinski definition) is 2. The largest absolute Gasteiger partial charge is 0.481 e. The maximum absolute atomic E-state index is 13.1. The zero-order valence-electron chi connectivity index (χ0n) is 11.6. The third-order valence-corrected chi connectivity index (χ3v) is 2.74. The molecule has 0 atom stereocenters. The molecule has 2 amide bonds. The molecule has 1 aromatic rings. The quantitative estimate of drug-likeness (QED) is 0.840. The van der Waals surface area contributed by atoms with E-state index in [1.807, 2.05) is 13.8 Å². The van der Waals surface area contributed by atoms with Crippen LogP contribution in [0.25, 0.3) is 0 Å². The first-order valence-corrected chi connectivity index (χ1v) is 6.41. The number of amides is 2. The van der Waals surface area contributed by atoms with Gasteiger partial charge >= 0.3 is 12.0 Å². The van der Waals surface area contributed by atoms with Crippen LogP contribution in [0.4, 0.5) is 9.18 Å². The van der Waals surface area contributed by atoms with Gasteiger partial charge in [0.15, 0.2) is 0 Å². The van der Waals surface area contributed by atoms with Crippen molar-refractivity contribution < 1.29 is 19.1 Å². The Morgan fingerprint density at radius 1 is 1.40 bits per heavy atom. The minimum absolute atomic E-state index is 0.0700. The molecule has 0 fully saturated rings. The lowest BCUT2D eigenvalue weighted by molar-refractivity contribution is -0.136. The molecule has 0 spiro atoms. The monoisotopic (exact) mass is 282 g/mol. The highest BCUT2D eigenvalue weighted by Gasteiger charge is 2.17. The number of rotatable bonds is 6. The first-order valence-electron chi connectivity index (χ1n) is 6.41. The van der Waals surface area contributed by atoms with E-state index >= 15 is 0 Å². The van der Waals surface area contributed by atoms with Crippen molar-refractivity contribution in [3.8, 4) is 0 Å². The number of aliphatic carboxylic acids is 1. The van der Waals surface area contributed by atoms with Gasteiger partial charge in [-0.2, -0.15) is 0 Å². The summed E-state index contributed by atoms with van der Waals surface area (Å²) in [5.41, 5.74) is 0.687. The van der Waals surface area contributed by atoms with E-state index in [4.69, 9.17) is 5.11 Å². The summed E-state index contributed by atoms with van der Waals surface area (Å²) in [4.78, 5) is 23.9. The molecule has 0 bridgehead atoms. The van der Waals surface area contributed by atoms with Crippen molar-refractivity contribution in [3.05, 3.63) is 35.6 Å². The van der Waals surface area contributed by atoms with Gasteiger partial charge in [-0.3, -0.25) is 4.79 Å². The van der Waals surface area contributed by atoms with E-state index < -0.39 is 5.97 Å². The molecular weight excluding hydrogens is 263 g/mol. The number of halogens is 1. The maximum atomic E-state index is 13.1. The lowest BCUT2D eigenvalue weighted by Crippen LogP contribution is -2.44. The SMILES string of the molecule is CC(C)N(Cc1cccc(F)c1)C(=O)NCCC(=O)O.